The molecule has 1 aromatic carbocycles. The Bertz CT molecular complexity index is 874. The second-order valence-corrected chi connectivity index (χ2v) is 8.10. The van der Waals surface area contributed by atoms with Gasteiger partial charge in [0, 0.05) is 42.1 Å². The van der Waals surface area contributed by atoms with E-state index in [-0.39, 0.29) is 11.7 Å². The minimum absolute atomic E-state index is 0.0975. The van der Waals surface area contributed by atoms with Crippen molar-refractivity contribution in [1.82, 2.24) is 15.5 Å². The van der Waals surface area contributed by atoms with E-state index in [0.717, 1.165) is 30.6 Å². The van der Waals surface area contributed by atoms with E-state index in [1.807, 2.05) is 6.92 Å². The van der Waals surface area contributed by atoms with Gasteiger partial charge in [-0.2, -0.15) is 5.10 Å². The van der Waals surface area contributed by atoms with Crippen molar-refractivity contribution >= 4 is 27.3 Å². The zero-order chi connectivity index (χ0) is 18.6. The number of aromatic amines is 1. The van der Waals surface area contributed by atoms with Crippen molar-refractivity contribution in [3.8, 4) is 0 Å². The Morgan fingerprint density at radius 3 is 2.69 bits per heavy atom. The monoisotopic (exact) mass is 377 g/mol. The molecule has 4 N–H and O–H groups in total. The van der Waals surface area contributed by atoms with Gasteiger partial charge in [-0.05, 0) is 30.7 Å². The minimum atomic E-state index is -3.34. The van der Waals surface area contributed by atoms with Crippen LogP contribution in [0.3, 0.4) is 0 Å². The normalized spacial score (nSPS) is 13.9. The second-order valence-electron chi connectivity index (χ2n) is 6.26. The Morgan fingerprint density at radius 1 is 1.23 bits per heavy atom. The number of aromatic nitrogens is 2. The molecule has 0 aliphatic carbocycles. The smallest absolute Gasteiger partial charge is 0.276 e. The van der Waals surface area contributed by atoms with Gasteiger partial charge in [0.1, 0.15) is 0 Å². The number of H-pyrrole nitrogens is 1. The number of hydrogen-bond acceptors (Lipinski definition) is 5. The first-order chi connectivity index (χ1) is 12.5. The van der Waals surface area contributed by atoms with Crippen molar-refractivity contribution in [1.29, 1.82) is 0 Å². The Balaban J connectivity index is 1.64. The summed E-state index contributed by atoms with van der Waals surface area (Å²) < 4.78 is 26.4. The summed E-state index contributed by atoms with van der Waals surface area (Å²) in [6.07, 6.45) is 2.26. The number of nitrogens with one attached hydrogen (secondary N) is 4. The average molecular weight is 377 g/mol. The van der Waals surface area contributed by atoms with Crippen molar-refractivity contribution in [3.63, 3.8) is 0 Å². The maximum atomic E-state index is 12.4. The third-order valence-corrected chi connectivity index (χ3v) is 5.58. The molecule has 0 saturated heterocycles. The minimum Gasteiger partial charge on any atom is -0.321 e. The van der Waals surface area contributed by atoms with E-state index in [0.29, 0.717) is 30.0 Å². The van der Waals surface area contributed by atoms with Gasteiger partial charge in [0.2, 0.25) is 10.0 Å². The number of unbranched alkanes of at least 4 members (excludes halogenated alkanes) is 1. The van der Waals surface area contributed by atoms with Crippen LogP contribution in [0.1, 0.15) is 41.5 Å². The summed E-state index contributed by atoms with van der Waals surface area (Å²) in [6.45, 7) is 3.43. The second kappa shape index (κ2) is 7.88. The Morgan fingerprint density at radius 2 is 1.96 bits per heavy atom. The van der Waals surface area contributed by atoms with Crippen LogP contribution in [0.25, 0.3) is 0 Å². The molecule has 2 aromatic rings. The zero-order valence-electron chi connectivity index (χ0n) is 14.6. The summed E-state index contributed by atoms with van der Waals surface area (Å²) in [5.41, 5.74) is 3.32. The summed E-state index contributed by atoms with van der Waals surface area (Å²) in [7, 11) is -3.34. The van der Waals surface area contributed by atoms with Crippen molar-refractivity contribution in [2.45, 2.75) is 32.7 Å². The highest BCUT2D eigenvalue weighted by Crippen LogP contribution is 2.19. The van der Waals surface area contributed by atoms with E-state index in [4.69, 9.17) is 0 Å². The average Bonchev–Trinajstić information content (AvgIpc) is 3.06. The van der Waals surface area contributed by atoms with Crippen LogP contribution >= 0.6 is 0 Å². The maximum Gasteiger partial charge on any atom is 0.276 e. The molecule has 9 heteroatoms. The largest absolute Gasteiger partial charge is 0.321 e. The zero-order valence-corrected chi connectivity index (χ0v) is 15.4. The lowest BCUT2D eigenvalue weighted by atomic mass is 10.1. The molecule has 1 aliphatic rings. The first-order valence-electron chi connectivity index (χ1n) is 8.67. The molecule has 2 heterocycles. The van der Waals surface area contributed by atoms with Crippen molar-refractivity contribution in [2.75, 3.05) is 22.3 Å². The highest BCUT2D eigenvalue weighted by atomic mass is 32.2. The molecule has 0 spiro atoms. The third kappa shape index (κ3) is 4.41. The highest BCUT2D eigenvalue weighted by molar-refractivity contribution is 7.92. The van der Waals surface area contributed by atoms with Crippen LogP contribution in [0.4, 0.5) is 11.4 Å². The number of carbonyl (C=O) groups excluding carboxylic acids is 1. The highest BCUT2D eigenvalue weighted by Gasteiger charge is 2.21. The van der Waals surface area contributed by atoms with E-state index < -0.39 is 10.0 Å². The molecule has 0 radical (unpaired) electrons. The summed E-state index contributed by atoms with van der Waals surface area (Å²) in [5.74, 6) is -0.192. The van der Waals surface area contributed by atoms with E-state index in [1.165, 1.54) is 0 Å². The number of benzene rings is 1. The van der Waals surface area contributed by atoms with Gasteiger partial charge in [-0.3, -0.25) is 14.6 Å². The van der Waals surface area contributed by atoms with Gasteiger partial charge in [0.15, 0.2) is 5.69 Å². The Kier molecular flexibility index (Phi) is 5.58. The van der Waals surface area contributed by atoms with Gasteiger partial charge in [-0.25, -0.2) is 8.42 Å². The molecule has 0 atom stereocenters. The lowest BCUT2D eigenvalue weighted by Gasteiger charge is -2.13. The van der Waals surface area contributed by atoms with E-state index in [2.05, 4.69) is 25.6 Å². The van der Waals surface area contributed by atoms with Crippen LogP contribution in [0.15, 0.2) is 24.3 Å². The molecule has 8 nitrogen and oxygen atoms in total. The van der Waals surface area contributed by atoms with Gasteiger partial charge in [0.25, 0.3) is 5.91 Å². The van der Waals surface area contributed by atoms with Crippen LogP contribution in [0, 0.1) is 0 Å². The van der Waals surface area contributed by atoms with Crippen molar-refractivity contribution in [3.05, 3.63) is 41.2 Å². The Labute approximate surface area is 152 Å². The predicted octanol–water partition coefficient (Wildman–Crippen LogP) is 1.85. The summed E-state index contributed by atoms with van der Waals surface area (Å²) in [5, 5.41) is 13.1. The molecule has 3 rings (SSSR count). The fraction of sp³-hybridized carbons (Fsp3) is 0.412. The number of anilines is 2. The number of sulfonamides is 1. The van der Waals surface area contributed by atoms with E-state index in [9.17, 15) is 13.2 Å². The van der Waals surface area contributed by atoms with Crippen LogP contribution in [-0.2, 0) is 23.0 Å². The van der Waals surface area contributed by atoms with Gasteiger partial charge in [0.05, 0.1) is 5.75 Å². The molecule has 0 fully saturated rings. The lowest BCUT2D eigenvalue weighted by molar-refractivity contribution is 0.102. The summed E-state index contributed by atoms with van der Waals surface area (Å²) >= 11 is 0. The first-order valence-corrected chi connectivity index (χ1v) is 10.3. The number of nitrogens with zero attached hydrogens (tertiary/aromatic N) is 1. The number of hydrogen-bond donors (Lipinski definition) is 4. The SMILES string of the molecule is CCCCS(=O)(=O)Nc1ccc(NC(=O)c2n[nH]c3c2CNCC3)cc1. The molecule has 0 saturated carbocycles. The molecule has 1 amide bonds. The number of amides is 1. The summed E-state index contributed by atoms with van der Waals surface area (Å²) in [6, 6.07) is 6.57. The third-order valence-electron chi connectivity index (χ3n) is 4.20. The molecule has 1 aliphatic heterocycles. The predicted molar refractivity (Wildman–Crippen MR) is 101 cm³/mol. The van der Waals surface area contributed by atoms with Gasteiger partial charge in [-0.15, -0.1) is 0 Å². The van der Waals surface area contributed by atoms with Crippen molar-refractivity contribution < 1.29 is 13.2 Å². The molecular weight excluding hydrogens is 354 g/mol. The van der Waals surface area contributed by atoms with Crippen LogP contribution in [-0.4, -0.2) is 36.8 Å². The quantitative estimate of drug-likeness (QED) is 0.588. The first kappa shape index (κ1) is 18.4. The van der Waals surface area contributed by atoms with Crippen molar-refractivity contribution in [2.24, 2.45) is 0 Å². The number of fused-ring (bicyclic) bond motifs is 1. The van der Waals surface area contributed by atoms with Crippen LogP contribution in [0.2, 0.25) is 0 Å². The standard InChI is InChI=1S/C17H23N5O3S/c1-2-3-10-26(24,25)22-13-6-4-12(5-7-13)19-17(23)16-14-11-18-9-8-15(14)20-21-16/h4-7,18,22H,2-3,8-11H2,1H3,(H,19,23)(H,20,21). The number of rotatable bonds is 7. The van der Waals surface area contributed by atoms with Crippen LogP contribution < -0.4 is 15.4 Å². The fourth-order valence-corrected chi connectivity index (χ4v) is 4.06. The maximum absolute atomic E-state index is 12.4. The van der Waals surface area contributed by atoms with Gasteiger partial charge in [-0.1, -0.05) is 13.3 Å². The fourth-order valence-electron chi connectivity index (χ4n) is 2.79. The van der Waals surface area contributed by atoms with Crippen LogP contribution in [0.5, 0.6) is 0 Å². The van der Waals surface area contributed by atoms with E-state index in [1.54, 1.807) is 24.3 Å². The lowest BCUT2D eigenvalue weighted by Crippen LogP contribution is -2.25. The van der Waals surface area contributed by atoms with Gasteiger partial charge < -0.3 is 10.6 Å². The molecule has 1 aromatic heterocycles. The topological polar surface area (TPSA) is 116 Å². The number of carbonyl (C=O) groups is 1. The van der Waals surface area contributed by atoms with Gasteiger partial charge >= 0.3 is 0 Å². The Hall–Kier alpha value is -2.39. The summed E-state index contributed by atoms with van der Waals surface area (Å²) in [4.78, 5) is 12.4. The molecule has 26 heavy (non-hydrogen) atoms. The molecule has 140 valence electrons. The molecule has 0 unspecified atom stereocenters. The molecule has 0 bridgehead atoms. The van der Waals surface area contributed by atoms with E-state index >= 15 is 0 Å². The molecular formula is C17H23N5O3S.